The molecule has 0 bridgehead atoms. The highest BCUT2D eigenvalue weighted by Gasteiger charge is 1.57. The van der Waals surface area contributed by atoms with Crippen LogP contribution in [0, 0.1) is 12.3 Å². The molecule has 0 aromatic heterocycles. The van der Waals surface area contributed by atoms with Gasteiger partial charge in [0.25, 0.3) is 0 Å². The number of hydrogen-bond donors (Lipinski definition) is 0. The van der Waals surface area contributed by atoms with E-state index in [-0.39, 0.29) is 0 Å². The third-order valence-electron chi connectivity index (χ3n) is 0.578. The largest absolute Gasteiger partial charge is 0.504 e. The Balaban J connectivity index is 0. The van der Waals surface area contributed by atoms with E-state index in [1.165, 1.54) is 0 Å². The van der Waals surface area contributed by atoms with E-state index < -0.39 is 0 Å². The molecule has 0 amide bonds. The van der Waals surface area contributed by atoms with Crippen molar-refractivity contribution in [3.8, 4) is 12.3 Å². The summed E-state index contributed by atoms with van der Waals surface area (Å²) in [6.07, 6.45) is 9.70. The van der Waals surface area contributed by atoms with Gasteiger partial charge in [-0.25, -0.2) is 0 Å². The van der Waals surface area contributed by atoms with Crippen LogP contribution in [0.1, 0.15) is 0 Å². The minimum absolute atomic E-state index is 0.417. The minimum Gasteiger partial charge on any atom is -0.504 e. The molecule has 0 unspecified atom stereocenters. The molecule has 0 aromatic carbocycles. The van der Waals surface area contributed by atoms with Crippen LogP contribution < -0.4 is 0 Å². The molecule has 0 N–H and O–H groups in total. The highest BCUT2D eigenvalue weighted by molar-refractivity contribution is 4.92. The van der Waals surface area contributed by atoms with Crippen molar-refractivity contribution in [2.75, 3.05) is 20.8 Å². The number of allylic oxidation sites excluding steroid dienone is 2. The molecule has 11 heavy (non-hydrogen) atoms. The van der Waals surface area contributed by atoms with Crippen molar-refractivity contribution >= 4 is 0 Å². The fourth-order valence-electron chi connectivity index (χ4n) is 0.217. The Bertz CT molecular complexity index is 131. The van der Waals surface area contributed by atoms with Crippen LogP contribution in [0.15, 0.2) is 25.0 Å². The van der Waals surface area contributed by atoms with Crippen LogP contribution in [0.5, 0.6) is 0 Å². The highest BCUT2D eigenvalue weighted by atomic mass is 16.5. The van der Waals surface area contributed by atoms with Crippen molar-refractivity contribution in [1.82, 2.24) is 0 Å². The van der Waals surface area contributed by atoms with Crippen molar-refractivity contribution in [2.45, 2.75) is 0 Å². The SMILES string of the molecule is C#CCOC.C=CC=COC. The van der Waals surface area contributed by atoms with Crippen LogP contribution in [0.2, 0.25) is 0 Å². The summed E-state index contributed by atoms with van der Waals surface area (Å²) in [5, 5.41) is 0. The number of hydrogen-bond acceptors (Lipinski definition) is 2. The van der Waals surface area contributed by atoms with E-state index in [4.69, 9.17) is 6.42 Å². The molecule has 0 aliphatic carbocycles. The molecule has 0 heterocycles. The van der Waals surface area contributed by atoms with E-state index in [9.17, 15) is 0 Å². The topological polar surface area (TPSA) is 18.5 Å². The molecule has 0 saturated carbocycles. The van der Waals surface area contributed by atoms with E-state index in [2.05, 4.69) is 22.0 Å². The van der Waals surface area contributed by atoms with E-state index >= 15 is 0 Å². The first-order valence-corrected chi connectivity index (χ1v) is 3.06. The standard InChI is InChI=1S/C5H8O.C4H6O/c1-3-4-5-6-2;1-3-4-5-2/h3-5H,1H2,2H3;1H,4H2,2H3. The Morgan fingerprint density at radius 2 is 2.18 bits per heavy atom. The summed E-state index contributed by atoms with van der Waals surface area (Å²) in [6.45, 7) is 3.85. The van der Waals surface area contributed by atoms with Gasteiger partial charge in [0.2, 0.25) is 0 Å². The lowest BCUT2D eigenvalue weighted by Crippen LogP contribution is -1.77. The maximum Gasteiger partial charge on any atom is 0.107 e. The fourth-order valence-corrected chi connectivity index (χ4v) is 0.217. The van der Waals surface area contributed by atoms with Crippen LogP contribution in [-0.4, -0.2) is 20.8 Å². The molecule has 2 nitrogen and oxygen atoms in total. The monoisotopic (exact) mass is 154 g/mol. The van der Waals surface area contributed by atoms with Crippen molar-refractivity contribution in [1.29, 1.82) is 0 Å². The molecule has 0 aliphatic heterocycles. The van der Waals surface area contributed by atoms with E-state index in [0.29, 0.717) is 6.61 Å². The van der Waals surface area contributed by atoms with Gasteiger partial charge in [-0.1, -0.05) is 18.6 Å². The summed E-state index contributed by atoms with van der Waals surface area (Å²) >= 11 is 0. The lowest BCUT2D eigenvalue weighted by Gasteiger charge is -1.77. The number of terminal acetylenes is 1. The van der Waals surface area contributed by atoms with Crippen LogP contribution in [0.25, 0.3) is 0 Å². The normalized spacial score (nSPS) is 7.73. The molecule has 0 rings (SSSR count). The molecule has 0 saturated heterocycles. The van der Waals surface area contributed by atoms with E-state index in [0.717, 1.165) is 0 Å². The van der Waals surface area contributed by atoms with Crippen molar-refractivity contribution in [3.63, 3.8) is 0 Å². The third-order valence-corrected chi connectivity index (χ3v) is 0.578. The minimum atomic E-state index is 0.417. The van der Waals surface area contributed by atoms with Gasteiger partial charge in [0.1, 0.15) is 6.61 Å². The molecule has 0 spiro atoms. The van der Waals surface area contributed by atoms with Crippen molar-refractivity contribution in [2.24, 2.45) is 0 Å². The van der Waals surface area contributed by atoms with Gasteiger partial charge >= 0.3 is 0 Å². The van der Waals surface area contributed by atoms with Gasteiger partial charge in [-0.3, -0.25) is 0 Å². The second-order valence-corrected chi connectivity index (χ2v) is 1.44. The van der Waals surface area contributed by atoms with E-state index in [1.807, 2.05) is 0 Å². The maximum absolute atomic E-state index is 4.76. The quantitative estimate of drug-likeness (QED) is 0.349. The van der Waals surface area contributed by atoms with Crippen LogP contribution in [0.3, 0.4) is 0 Å². The Hall–Kier alpha value is -1.20. The lowest BCUT2D eigenvalue weighted by molar-refractivity contribution is 0.240. The zero-order valence-electron chi connectivity index (χ0n) is 7.04. The zero-order valence-corrected chi connectivity index (χ0v) is 7.04. The van der Waals surface area contributed by atoms with Gasteiger partial charge in [0.15, 0.2) is 0 Å². The first kappa shape index (κ1) is 12.5. The summed E-state index contributed by atoms with van der Waals surface area (Å²) in [6, 6.07) is 0. The Morgan fingerprint density at radius 1 is 1.55 bits per heavy atom. The Morgan fingerprint density at radius 3 is 2.27 bits per heavy atom. The predicted molar refractivity (Wildman–Crippen MR) is 47.1 cm³/mol. The molecule has 0 aliphatic rings. The second-order valence-electron chi connectivity index (χ2n) is 1.44. The molecular formula is C9H14O2. The van der Waals surface area contributed by atoms with Gasteiger partial charge in [-0.2, -0.15) is 0 Å². The third kappa shape index (κ3) is 28.2. The predicted octanol–water partition coefficient (Wildman–Crippen LogP) is 1.60. The Labute approximate surface area is 68.5 Å². The summed E-state index contributed by atoms with van der Waals surface area (Å²) in [4.78, 5) is 0. The van der Waals surface area contributed by atoms with E-state index in [1.54, 1.807) is 32.6 Å². The van der Waals surface area contributed by atoms with Gasteiger partial charge in [-0.05, 0) is 6.08 Å². The van der Waals surface area contributed by atoms with Crippen LogP contribution in [0.4, 0.5) is 0 Å². The fraction of sp³-hybridized carbons (Fsp3) is 0.333. The molecule has 0 radical (unpaired) electrons. The number of ether oxygens (including phenoxy) is 2. The number of methoxy groups -OCH3 is 2. The molecule has 0 fully saturated rings. The van der Waals surface area contributed by atoms with Crippen molar-refractivity contribution < 1.29 is 9.47 Å². The van der Waals surface area contributed by atoms with Gasteiger partial charge < -0.3 is 9.47 Å². The van der Waals surface area contributed by atoms with Crippen LogP contribution >= 0.6 is 0 Å². The lowest BCUT2D eigenvalue weighted by atomic mass is 10.6. The summed E-state index contributed by atoms with van der Waals surface area (Å²) in [5.41, 5.74) is 0. The molecule has 2 heteroatoms. The highest BCUT2D eigenvalue weighted by Crippen LogP contribution is 1.69. The number of rotatable bonds is 3. The molecule has 0 atom stereocenters. The molecule has 0 aromatic rings. The molecular weight excluding hydrogens is 140 g/mol. The maximum atomic E-state index is 4.76. The average molecular weight is 154 g/mol. The summed E-state index contributed by atoms with van der Waals surface area (Å²) < 4.78 is 8.99. The zero-order chi connectivity index (χ0) is 8.95. The summed E-state index contributed by atoms with van der Waals surface area (Å²) in [7, 11) is 3.17. The van der Waals surface area contributed by atoms with Crippen molar-refractivity contribution in [3.05, 3.63) is 25.0 Å². The van der Waals surface area contributed by atoms with Gasteiger partial charge in [0.05, 0.1) is 13.4 Å². The smallest absolute Gasteiger partial charge is 0.107 e. The van der Waals surface area contributed by atoms with Gasteiger partial charge in [0, 0.05) is 7.11 Å². The average Bonchev–Trinajstić information content (AvgIpc) is 2.04. The van der Waals surface area contributed by atoms with Gasteiger partial charge in [-0.15, -0.1) is 6.42 Å². The summed E-state index contributed by atoms with van der Waals surface area (Å²) in [5.74, 6) is 2.30. The molecule has 62 valence electrons. The first-order chi connectivity index (χ1) is 5.33. The Kier molecular flexibility index (Phi) is 18.0. The van der Waals surface area contributed by atoms with Crippen LogP contribution in [-0.2, 0) is 9.47 Å². The second kappa shape index (κ2) is 15.9. The first-order valence-electron chi connectivity index (χ1n) is 3.06.